The molecular weight excluding hydrogens is 266 g/mol. The highest BCUT2D eigenvalue weighted by Gasteiger charge is 2.33. The summed E-state index contributed by atoms with van der Waals surface area (Å²) >= 11 is 0. The maximum atomic E-state index is 11.8. The fraction of sp³-hybridized carbons (Fsp3) is 0.938. The second-order valence-corrected chi connectivity index (χ2v) is 6.37. The number of hydrogen-bond donors (Lipinski definition) is 1. The first kappa shape index (κ1) is 16.7. The molecule has 0 aliphatic carbocycles. The molecule has 0 amide bonds. The van der Waals surface area contributed by atoms with Crippen molar-refractivity contribution in [3.05, 3.63) is 0 Å². The van der Waals surface area contributed by atoms with E-state index in [1.165, 1.54) is 32.4 Å². The number of carbonyl (C=O) groups excluding carboxylic acids is 1. The standard InChI is InChI=1S/C16H31N3O2/c1-4-21-16(20)15(17-3)8-10-18-12-14-7-5-6-9-19(14)11-13(18)2/h13-15,17H,4-12H2,1-3H3. The molecule has 0 aromatic carbocycles. The first-order chi connectivity index (χ1) is 10.2. The lowest BCUT2D eigenvalue weighted by atomic mass is 9.97. The first-order valence-corrected chi connectivity index (χ1v) is 8.47. The van der Waals surface area contributed by atoms with Crippen LogP contribution in [0.2, 0.25) is 0 Å². The van der Waals surface area contributed by atoms with Gasteiger partial charge in [-0.05, 0) is 46.7 Å². The van der Waals surface area contributed by atoms with Crippen LogP contribution in [0.4, 0.5) is 0 Å². The fourth-order valence-corrected chi connectivity index (χ4v) is 3.64. The van der Waals surface area contributed by atoms with Crippen LogP contribution in [0.5, 0.6) is 0 Å². The maximum absolute atomic E-state index is 11.8. The molecule has 21 heavy (non-hydrogen) atoms. The average Bonchev–Trinajstić information content (AvgIpc) is 2.48. The van der Waals surface area contributed by atoms with Crippen LogP contribution in [0.1, 0.15) is 39.5 Å². The summed E-state index contributed by atoms with van der Waals surface area (Å²) in [6.07, 6.45) is 4.88. The van der Waals surface area contributed by atoms with Crippen molar-refractivity contribution < 1.29 is 9.53 Å². The van der Waals surface area contributed by atoms with E-state index in [2.05, 4.69) is 22.0 Å². The number of piperazine rings is 1. The van der Waals surface area contributed by atoms with Crippen LogP contribution in [0, 0.1) is 0 Å². The van der Waals surface area contributed by atoms with Crippen molar-refractivity contribution >= 4 is 5.97 Å². The molecular formula is C16H31N3O2. The quantitative estimate of drug-likeness (QED) is 0.744. The highest BCUT2D eigenvalue weighted by atomic mass is 16.5. The van der Waals surface area contributed by atoms with Crippen molar-refractivity contribution in [2.45, 2.75) is 57.7 Å². The number of fused-ring (bicyclic) bond motifs is 1. The minimum atomic E-state index is -0.179. The second kappa shape index (κ2) is 8.11. The third-order valence-corrected chi connectivity index (χ3v) is 4.94. The Morgan fingerprint density at radius 2 is 2.19 bits per heavy atom. The summed E-state index contributed by atoms with van der Waals surface area (Å²) in [5, 5.41) is 3.09. The normalized spacial score (nSPS) is 28.9. The number of ether oxygens (including phenoxy) is 1. The van der Waals surface area contributed by atoms with Crippen LogP contribution in [0.25, 0.3) is 0 Å². The molecule has 0 aromatic rings. The third-order valence-electron chi connectivity index (χ3n) is 4.94. The zero-order valence-electron chi connectivity index (χ0n) is 13.8. The lowest BCUT2D eigenvalue weighted by Crippen LogP contribution is -2.59. The van der Waals surface area contributed by atoms with E-state index in [-0.39, 0.29) is 12.0 Å². The molecule has 0 radical (unpaired) electrons. The van der Waals surface area contributed by atoms with Gasteiger partial charge >= 0.3 is 5.97 Å². The van der Waals surface area contributed by atoms with Crippen LogP contribution in [-0.2, 0) is 9.53 Å². The van der Waals surface area contributed by atoms with E-state index in [0.717, 1.165) is 25.6 Å². The van der Waals surface area contributed by atoms with E-state index >= 15 is 0 Å². The van der Waals surface area contributed by atoms with E-state index in [4.69, 9.17) is 4.74 Å². The number of nitrogens with one attached hydrogen (secondary N) is 1. The fourth-order valence-electron chi connectivity index (χ4n) is 3.64. The summed E-state index contributed by atoms with van der Waals surface area (Å²) in [5.41, 5.74) is 0. The largest absolute Gasteiger partial charge is 0.465 e. The Labute approximate surface area is 129 Å². The van der Waals surface area contributed by atoms with Crippen molar-refractivity contribution in [1.82, 2.24) is 15.1 Å². The highest BCUT2D eigenvalue weighted by Crippen LogP contribution is 2.24. The highest BCUT2D eigenvalue weighted by molar-refractivity contribution is 5.75. The van der Waals surface area contributed by atoms with Gasteiger partial charge in [-0.3, -0.25) is 14.6 Å². The molecule has 2 saturated heterocycles. The maximum Gasteiger partial charge on any atom is 0.323 e. The van der Waals surface area contributed by atoms with Gasteiger partial charge in [0.05, 0.1) is 6.61 Å². The van der Waals surface area contributed by atoms with Crippen LogP contribution in [0.3, 0.4) is 0 Å². The van der Waals surface area contributed by atoms with Crippen LogP contribution >= 0.6 is 0 Å². The molecule has 0 saturated carbocycles. The molecule has 5 nitrogen and oxygen atoms in total. The minimum Gasteiger partial charge on any atom is -0.465 e. The monoisotopic (exact) mass is 297 g/mol. The first-order valence-electron chi connectivity index (χ1n) is 8.47. The van der Waals surface area contributed by atoms with Gasteiger partial charge < -0.3 is 10.1 Å². The van der Waals surface area contributed by atoms with Gasteiger partial charge in [0.25, 0.3) is 0 Å². The molecule has 3 unspecified atom stereocenters. The Balaban J connectivity index is 1.82. The van der Waals surface area contributed by atoms with Gasteiger partial charge in [-0.1, -0.05) is 6.42 Å². The van der Waals surface area contributed by atoms with Gasteiger partial charge in [0.1, 0.15) is 6.04 Å². The Morgan fingerprint density at radius 1 is 1.38 bits per heavy atom. The molecule has 2 heterocycles. The van der Waals surface area contributed by atoms with E-state index in [0.29, 0.717) is 12.6 Å². The molecule has 3 atom stereocenters. The summed E-state index contributed by atoms with van der Waals surface area (Å²) in [4.78, 5) is 17.1. The Bertz CT molecular complexity index is 337. The van der Waals surface area contributed by atoms with Gasteiger partial charge in [0.15, 0.2) is 0 Å². The molecule has 2 rings (SSSR count). The number of carbonyl (C=O) groups is 1. The number of likely N-dealkylation sites (N-methyl/N-ethyl adjacent to an activating group) is 1. The topological polar surface area (TPSA) is 44.8 Å². The number of piperidine rings is 1. The zero-order valence-corrected chi connectivity index (χ0v) is 13.8. The number of rotatable bonds is 6. The number of esters is 1. The molecule has 1 N–H and O–H groups in total. The van der Waals surface area contributed by atoms with Crippen molar-refractivity contribution in [2.24, 2.45) is 0 Å². The second-order valence-electron chi connectivity index (χ2n) is 6.37. The van der Waals surface area contributed by atoms with Gasteiger partial charge in [-0.25, -0.2) is 0 Å². The van der Waals surface area contributed by atoms with Gasteiger partial charge in [0, 0.05) is 31.7 Å². The predicted molar refractivity (Wildman–Crippen MR) is 84.3 cm³/mol. The average molecular weight is 297 g/mol. The van der Waals surface area contributed by atoms with E-state index in [9.17, 15) is 4.79 Å². The zero-order chi connectivity index (χ0) is 15.2. The van der Waals surface area contributed by atoms with Gasteiger partial charge in [-0.2, -0.15) is 0 Å². The summed E-state index contributed by atoms with van der Waals surface area (Å²) < 4.78 is 5.12. The third kappa shape index (κ3) is 4.41. The Hall–Kier alpha value is -0.650. The van der Waals surface area contributed by atoms with E-state index in [1.54, 1.807) is 0 Å². The van der Waals surface area contributed by atoms with E-state index < -0.39 is 0 Å². The smallest absolute Gasteiger partial charge is 0.323 e. The molecule has 122 valence electrons. The summed E-state index contributed by atoms with van der Waals surface area (Å²) in [5.74, 6) is -0.121. The molecule has 2 aliphatic heterocycles. The van der Waals surface area contributed by atoms with Crippen LogP contribution < -0.4 is 5.32 Å². The molecule has 2 fully saturated rings. The molecule has 5 heteroatoms. The lowest BCUT2D eigenvalue weighted by molar-refractivity contribution is -0.145. The summed E-state index contributed by atoms with van der Waals surface area (Å²) in [7, 11) is 1.84. The SMILES string of the molecule is CCOC(=O)C(CCN1CC2CCCCN2CC1C)NC. The molecule has 0 bridgehead atoms. The predicted octanol–water partition coefficient (Wildman–Crippen LogP) is 1.09. The molecule has 2 aliphatic rings. The Kier molecular flexibility index (Phi) is 6.45. The minimum absolute atomic E-state index is 0.121. The van der Waals surface area contributed by atoms with Crippen molar-refractivity contribution in [2.75, 3.05) is 39.8 Å². The number of hydrogen-bond acceptors (Lipinski definition) is 5. The Morgan fingerprint density at radius 3 is 2.90 bits per heavy atom. The van der Waals surface area contributed by atoms with Crippen LogP contribution in [0.15, 0.2) is 0 Å². The van der Waals surface area contributed by atoms with Crippen LogP contribution in [-0.4, -0.2) is 73.7 Å². The number of nitrogens with zero attached hydrogens (tertiary/aromatic N) is 2. The van der Waals surface area contributed by atoms with Gasteiger partial charge in [0.2, 0.25) is 0 Å². The molecule has 0 spiro atoms. The van der Waals surface area contributed by atoms with Crippen molar-refractivity contribution in [3.8, 4) is 0 Å². The summed E-state index contributed by atoms with van der Waals surface area (Å²) in [6, 6.07) is 1.13. The molecule has 0 aromatic heterocycles. The summed E-state index contributed by atoms with van der Waals surface area (Å²) in [6.45, 7) is 9.18. The lowest BCUT2D eigenvalue weighted by Gasteiger charge is -2.47. The van der Waals surface area contributed by atoms with Gasteiger partial charge in [-0.15, -0.1) is 0 Å². The van der Waals surface area contributed by atoms with Crippen molar-refractivity contribution in [1.29, 1.82) is 0 Å². The van der Waals surface area contributed by atoms with Crippen molar-refractivity contribution in [3.63, 3.8) is 0 Å². The van der Waals surface area contributed by atoms with E-state index in [1.807, 2.05) is 14.0 Å².